The maximum absolute atomic E-state index is 12.4. The topological polar surface area (TPSA) is 77.6 Å². The van der Waals surface area contributed by atoms with E-state index in [1.54, 1.807) is 24.3 Å². The van der Waals surface area contributed by atoms with Gasteiger partial charge in [0.05, 0.1) is 22.7 Å². The van der Waals surface area contributed by atoms with Crippen LogP contribution >= 0.6 is 23.2 Å². The zero-order valence-corrected chi connectivity index (χ0v) is 18.4. The number of halogens is 2. The van der Waals surface area contributed by atoms with Crippen LogP contribution in [0.15, 0.2) is 66.7 Å². The standard InChI is InChI=1S/C24H17Cl2NO5/c1-30-24(29)21-11-15-7-8-17(12-20(15)27-21)32-22-18(25)9-16(10-19(22)26)23(28)31-13-14-5-3-2-4-6-14/h2-12,27H,13H2,1H3. The lowest BCUT2D eigenvalue weighted by Crippen LogP contribution is -2.05. The van der Waals surface area contributed by atoms with Crippen molar-refractivity contribution in [3.63, 3.8) is 0 Å². The number of nitrogens with one attached hydrogen (secondary N) is 1. The van der Waals surface area contributed by atoms with Gasteiger partial charge >= 0.3 is 11.9 Å². The van der Waals surface area contributed by atoms with E-state index in [1.807, 2.05) is 30.3 Å². The highest BCUT2D eigenvalue weighted by molar-refractivity contribution is 6.37. The Morgan fingerprint density at radius 3 is 2.31 bits per heavy atom. The first-order valence-corrected chi connectivity index (χ1v) is 10.3. The van der Waals surface area contributed by atoms with Crippen molar-refractivity contribution in [1.82, 2.24) is 4.98 Å². The lowest BCUT2D eigenvalue weighted by Gasteiger charge is -2.12. The van der Waals surface area contributed by atoms with Gasteiger partial charge in [0, 0.05) is 17.0 Å². The predicted octanol–water partition coefficient (Wildman–Crippen LogP) is 6.41. The fourth-order valence-electron chi connectivity index (χ4n) is 3.09. The van der Waals surface area contributed by atoms with E-state index in [1.165, 1.54) is 19.2 Å². The highest BCUT2D eigenvalue weighted by atomic mass is 35.5. The zero-order valence-electron chi connectivity index (χ0n) is 16.9. The number of ether oxygens (including phenoxy) is 3. The van der Waals surface area contributed by atoms with E-state index >= 15 is 0 Å². The maximum Gasteiger partial charge on any atom is 0.354 e. The number of carbonyl (C=O) groups excluding carboxylic acids is 2. The summed E-state index contributed by atoms with van der Waals surface area (Å²) in [6.07, 6.45) is 0. The maximum atomic E-state index is 12.4. The molecule has 1 heterocycles. The summed E-state index contributed by atoms with van der Waals surface area (Å²) in [7, 11) is 1.31. The van der Waals surface area contributed by atoms with Gasteiger partial charge in [0.2, 0.25) is 0 Å². The van der Waals surface area contributed by atoms with Crippen LogP contribution in [0.2, 0.25) is 10.0 Å². The van der Waals surface area contributed by atoms with Gasteiger partial charge in [-0.1, -0.05) is 53.5 Å². The molecule has 4 aromatic rings. The van der Waals surface area contributed by atoms with Crippen LogP contribution in [-0.4, -0.2) is 24.0 Å². The molecule has 0 aliphatic carbocycles. The molecule has 0 saturated carbocycles. The summed E-state index contributed by atoms with van der Waals surface area (Å²) < 4.78 is 15.9. The number of aromatic nitrogens is 1. The van der Waals surface area contributed by atoms with Crippen LogP contribution in [0.5, 0.6) is 11.5 Å². The quantitative estimate of drug-likeness (QED) is 0.330. The largest absolute Gasteiger partial charge is 0.464 e. The second kappa shape index (κ2) is 9.34. The second-order valence-electron chi connectivity index (χ2n) is 6.86. The van der Waals surface area contributed by atoms with Crippen LogP contribution in [-0.2, 0) is 16.1 Å². The number of hydrogen-bond acceptors (Lipinski definition) is 5. The molecule has 0 aliphatic rings. The van der Waals surface area contributed by atoms with E-state index in [2.05, 4.69) is 4.98 Å². The molecule has 3 aromatic carbocycles. The minimum absolute atomic E-state index is 0.136. The molecule has 8 heteroatoms. The number of aromatic amines is 1. The Balaban J connectivity index is 1.52. The van der Waals surface area contributed by atoms with E-state index in [9.17, 15) is 9.59 Å². The Labute approximate surface area is 193 Å². The summed E-state index contributed by atoms with van der Waals surface area (Å²) >= 11 is 12.7. The summed E-state index contributed by atoms with van der Waals surface area (Å²) in [6.45, 7) is 0.136. The molecule has 0 saturated heterocycles. The third-order valence-electron chi connectivity index (χ3n) is 4.67. The summed E-state index contributed by atoms with van der Waals surface area (Å²) in [5, 5.41) is 1.13. The van der Waals surface area contributed by atoms with Gasteiger partial charge in [0.1, 0.15) is 18.1 Å². The van der Waals surface area contributed by atoms with E-state index in [0.717, 1.165) is 10.9 Å². The molecule has 0 radical (unpaired) electrons. The molecule has 0 fully saturated rings. The lowest BCUT2D eigenvalue weighted by molar-refractivity contribution is 0.0472. The molecule has 0 amide bonds. The molecule has 0 unspecified atom stereocenters. The van der Waals surface area contributed by atoms with Gasteiger partial charge in [-0.3, -0.25) is 0 Å². The Kier molecular flexibility index (Phi) is 6.35. The summed E-state index contributed by atoms with van der Waals surface area (Å²) in [5.41, 5.74) is 2.09. The lowest BCUT2D eigenvalue weighted by atomic mass is 10.2. The van der Waals surface area contributed by atoms with Crippen molar-refractivity contribution in [2.24, 2.45) is 0 Å². The Bertz CT molecular complexity index is 1280. The summed E-state index contributed by atoms with van der Waals surface area (Å²) in [5.74, 6) is -0.372. The molecular formula is C24H17Cl2NO5. The number of methoxy groups -OCH3 is 1. The van der Waals surface area contributed by atoms with Crippen molar-refractivity contribution in [2.75, 3.05) is 7.11 Å². The molecule has 0 atom stereocenters. The van der Waals surface area contributed by atoms with Crippen molar-refractivity contribution < 1.29 is 23.8 Å². The van der Waals surface area contributed by atoms with Crippen LogP contribution in [0.25, 0.3) is 10.9 Å². The third-order valence-corrected chi connectivity index (χ3v) is 5.23. The molecule has 1 aromatic heterocycles. The predicted molar refractivity (Wildman–Crippen MR) is 122 cm³/mol. The van der Waals surface area contributed by atoms with Crippen LogP contribution in [0.3, 0.4) is 0 Å². The van der Waals surface area contributed by atoms with Crippen molar-refractivity contribution in [2.45, 2.75) is 6.61 Å². The van der Waals surface area contributed by atoms with Crippen molar-refractivity contribution in [1.29, 1.82) is 0 Å². The SMILES string of the molecule is COC(=O)c1cc2ccc(Oc3c(Cl)cc(C(=O)OCc4ccccc4)cc3Cl)cc2[nH]1. The van der Waals surface area contributed by atoms with Gasteiger partial charge in [-0.05, 0) is 35.9 Å². The van der Waals surface area contributed by atoms with Crippen LogP contribution in [0, 0.1) is 0 Å². The van der Waals surface area contributed by atoms with Gasteiger partial charge in [-0.15, -0.1) is 0 Å². The monoisotopic (exact) mass is 469 g/mol. The molecular weight excluding hydrogens is 453 g/mol. The normalized spacial score (nSPS) is 10.7. The first-order chi connectivity index (χ1) is 15.4. The van der Waals surface area contributed by atoms with Crippen molar-refractivity contribution in [3.8, 4) is 11.5 Å². The number of carbonyl (C=O) groups is 2. The zero-order chi connectivity index (χ0) is 22.7. The smallest absolute Gasteiger partial charge is 0.354 e. The fourth-order valence-corrected chi connectivity index (χ4v) is 3.65. The van der Waals surface area contributed by atoms with E-state index in [4.69, 9.17) is 37.4 Å². The highest BCUT2D eigenvalue weighted by Crippen LogP contribution is 2.38. The molecule has 32 heavy (non-hydrogen) atoms. The Hall–Kier alpha value is -3.48. The number of H-pyrrole nitrogens is 1. The molecule has 162 valence electrons. The summed E-state index contributed by atoms with van der Waals surface area (Å²) in [4.78, 5) is 27.1. The third kappa shape index (κ3) is 4.72. The Morgan fingerprint density at radius 2 is 1.62 bits per heavy atom. The number of hydrogen-bond donors (Lipinski definition) is 1. The van der Waals surface area contributed by atoms with Crippen LogP contribution in [0.1, 0.15) is 26.4 Å². The van der Waals surface area contributed by atoms with Gasteiger partial charge in [-0.25, -0.2) is 9.59 Å². The number of benzene rings is 3. The molecule has 0 bridgehead atoms. The van der Waals surface area contributed by atoms with Crippen molar-refractivity contribution >= 4 is 46.0 Å². The summed E-state index contributed by atoms with van der Waals surface area (Å²) in [6, 6.07) is 19.1. The van der Waals surface area contributed by atoms with Gasteiger partial charge in [0.15, 0.2) is 5.75 Å². The fraction of sp³-hybridized carbons (Fsp3) is 0.0833. The molecule has 0 aliphatic heterocycles. The second-order valence-corrected chi connectivity index (χ2v) is 7.67. The van der Waals surface area contributed by atoms with Gasteiger partial charge in [0.25, 0.3) is 0 Å². The minimum Gasteiger partial charge on any atom is -0.464 e. The minimum atomic E-state index is -0.549. The van der Waals surface area contributed by atoms with Crippen LogP contribution in [0.4, 0.5) is 0 Å². The first-order valence-electron chi connectivity index (χ1n) is 9.53. The Morgan fingerprint density at radius 1 is 0.906 bits per heavy atom. The first kappa shape index (κ1) is 21.7. The molecule has 1 N–H and O–H groups in total. The van der Waals surface area contributed by atoms with E-state index in [-0.39, 0.29) is 28.0 Å². The van der Waals surface area contributed by atoms with Crippen molar-refractivity contribution in [3.05, 3.63) is 93.6 Å². The molecule has 6 nitrogen and oxygen atoms in total. The molecule has 0 spiro atoms. The number of rotatable bonds is 6. The van der Waals surface area contributed by atoms with Gasteiger partial charge < -0.3 is 19.2 Å². The average Bonchev–Trinajstić information content (AvgIpc) is 3.23. The molecule has 4 rings (SSSR count). The number of fused-ring (bicyclic) bond motifs is 1. The van der Waals surface area contributed by atoms with Crippen LogP contribution < -0.4 is 4.74 Å². The van der Waals surface area contributed by atoms with E-state index < -0.39 is 11.9 Å². The number of esters is 2. The van der Waals surface area contributed by atoms with Gasteiger partial charge in [-0.2, -0.15) is 0 Å². The average molecular weight is 470 g/mol. The van der Waals surface area contributed by atoms with E-state index in [0.29, 0.717) is 17.0 Å². The highest BCUT2D eigenvalue weighted by Gasteiger charge is 2.17.